The van der Waals surface area contributed by atoms with Crippen molar-refractivity contribution in [2.75, 3.05) is 26.4 Å². The number of ether oxygens (including phenoxy) is 2. The van der Waals surface area contributed by atoms with E-state index in [1.54, 1.807) is 0 Å². The van der Waals surface area contributed by atoms with Crippen LogP contribution in [0.15, 0.2) is 24.4 Å². The molecule has 0 spiro atoms. The van der Waals surface area contributed by atoms with Crippen molar-refractivity contribution in [3.05, 3.63) is 40.6 Å². The number of nitrogens with zero attached hydrogens (tertiary/aromatic N) is 4. The first-order valence-electron chi connectivity index (χ1n) is 7.28. The molecule has 10 heteroatoms. The highest BCUT2D eigenvalue weighted by molar-refractivity contribution is 6.35. The first-order valence-corrected chi connectivity index (χ1v) is 8.04. The van der Waals surface area contributed by atoms with Gasteiger partial charge in [-0.1, -0.05) is 11.6 Å². The Morgan fingerprint density at radius 1 is 1.16 bits per heavy atom. The van der Waals surface area contributed by atoms with Crippen LogP contribution in [0.4, 0.5) is 4.39 Å². The highest BCUT2D eigenvalue weighted by atomic mass is 35.5. The van der Waals surface area contributed by atoms with Crippen molar-refractivity contribution >= 4 is 34.2 Å². The van der Waals surface area contributed by atoms with Crippen LogP contribution in [0.3, 0.4) is 0 Å². The summed E-state index contributed by atoms with van der Waals surface area (Å²) in [6.07, 6.45) is 1.49. The lowest BCUT2D eigenvalue weighted by atomic mass is 10.3. The number of hydrogen-bond donors (Lipinski definition) is 1. The molecule has 0 aliphatic rings. The number of halogens is 3. The lowest BCUT2D eigenvalue weighted by molar-refractivity contribution is 0.0704. The fraction of sp³-hybridized carbons (Fsp3) is 0.267. The third kappa shape index (κ3) is 3.98. The number of aromatic nitrogens is 4. The Morgan fingerprint density at radius 2 is 2.00 bits per heavy atom. The molecule has 3 aromatic rings. The Kier molecular flexibility index (Phi) is 5.64. The van der Waals surface area contributed by atoms with Gasteiger partial charge in [-0.15, -0.1) is 0 Å². The smallest absolute Gasteiger partial charge is 0.225 e. The zero-order valence-corrected chi connectivity index (χ0v) is 14.3. The van der Waals surface area contributed by atoms with Gasteiger partial charge in [0, 0.05) is 6.07 Å². The quantitative estimate of drug-likeness (QED) is 0.381. The van der Waals surface area contributed by atoms with Crippen LogP contribution >= 0.6 is 23.2 Å². The maximum atomic E-state index is 13.6. The van der Waals surface area contributed by atoms with E-state index in [0.29, 0.717) is 16.7 Å². The second-order valence-corrected chi connectivity index (χ2v) is 5.57. The fourth-order valence-electron chi connectivity index (χ4n) is 2.18. The van der Waals surface area contributed by atoms with Crippen molar-refractivity contribution in [1.82, 2.24) is 19.7 Å². The molecule has 0 amide bonds. The average molecular weight is 387 g/mol. The summed E-state index contributed by atoms with van der Waals surface area (Å²) in [5, 5.41) is 13.5. The Labute approximate surface area is 151 Å². The molecule has 2 aromatic heterocycles. The van der Waals surface area contributed by atoms with Gasteiger partial charge in [0.05, 0.1) is 31.4 Å². The Morgan fingerprint density at radius 3 is 2.80 bits per heavy atom. The summed E-state index contributed by atoms with van der Waals surface area (Å²) >= 11 is 11.9. The maximum absolute atomic E-state index is 13.6. The van der Waals surface area contributed by atoms with Crippen molar-refractivity contribution < 1.29 is 19.0 Å². The summed E-state index contributed by atoms with van der Waals surface area (Å²) in [6.45, 7) is 0.547. The van der Waals surface area contributed by atoms with E-state index in [2.05, 4.69) is 15.1 Å². The van der Waals surface area contributed by atoms with Gasteiger partial charge in [-0.25, -0.2) is 14.1 Å². The van der Waals surface area contributed by atoms with Crippen LogP contribution in [0.2, 0.25) is 10.4 Å². The highest BCUT2D eigenvalue weighted by Crippen LogP contribution is 2.29. The monoisotopic (exact) mass is 386 g/mol. The molecule has 0 aliphatic carbocycles. The molecule has 1 aromatic carbocycles. The largest absolute Gasteiger partial charge is 0.489 e. The van der Waals surface area contributed by atoms with Gasteiger partial charge in [0.25, 0.3) is 0 Å². The molecule has 0 bridgehead atoms. The fourth-order valence-corrected chi connectivity index (χ4v) is 2.60. The van der Waals surface area contributed by atoms with Crippen molar-refractivity contribution in [2.45, 2.75) is 0 Å². The van der Waals surface area contributed by atoms with Gasteiger partial charge in [0.1, 0.15) is 29.0 Å². The van der Waals surface area contributed by atoms with Crippen LogP contribution in [-0.4, -0.2) is 51.3 Å². The molecule has 0 atom stereocenters. The van der Waals surface area contributed by atoms with Gasteiger partial charge < -0.3 is 14.6 Å². The average Bonchev–Trinajstić information content (AvgIpc) is 2.99. The standard InChI is InChI=1S/C15H13Cl2FN4O3/c16-13-10-8-19-22(14(10)21-15(17)20-13)11-2-1-9(18)7-12(11)25-6-5-24-4-3-23/h1-2,7-8,23H,3-6H2. The molecule has 0 saturated carbocycles. The van der Waals surface area contributed by atoms with E-state index in [1.165, 1.54) is 29.1 Å². The van der Waals surface area contributed by atoms with Crippen LogP contribution < -0.4 is 4.74 Å². The molecular weight excluding hydrogens is 374 g/mol. The third-order valence-electron chi connectivity index (χ3n) is 3.23. The van der Waals surface area contributed by atoms with Crippen LogP contribution in [0.25, 0.3) is 16.7 Å². The number of benzene rings is 1. The van der Waals surface area contributed by atoms with Crippen molar-refractivity contribution in [3.63, 3.8) is 0 Å². The van der Waals surface area contributed by atoms with Crippen LogP contribution in [0.1, 0.15) is 0 Å². The number of hydrogen-bond acceptors (Lipinski definition) is 6. The van der Waals surface area contributed by atoms with Crippen LogP contribution in [0.5, 0.6) is 5.75 Å². The van der Waals surface area contributed by atoms with Gasteiger partial charge in [0.2, 0.25) is 5.28 Å². The summed E-state index contributed by atoms with van der Waals surface area (Å²) in [5.74, 6) is -0.208. The van der Waals surface area contributed by atoms with Crippen LogP contribution in [0, 0.1) is 5.82 Å². The zero-order valence-electron chi connectivity index (χ0n) is 12.8. The van der Waals surface area contributed by atoms with Crippen LogP contribution in [-0.2, 0) is 4.74 Å². The predicted octanol–water partition coefficient (Wildman–Crippen LogP) is 2.65. The molecule has 1 N–H and O–H groups in total. The molecule has 132 valence electrons. The Hall–Kier alpha value is -2.00. The van der Waals surface area contributed by atoms with E-state index in [9.17, 15) is 4.39 Å². The minimum absolute atomic E-state index is 0.0266. The number of rotatable bonds is 7. The minimum Gasteiger partial charge on any atom is -0.489 e. The maximum Gasteiger partial charge on any atom is 0.225 e. The van der Waals surface area contributed by atoms with Gasteiger partial charge in [-0.2, -0.15) is 10.1 Å². The molecule has 0 aliphatic heterocycles. The van der Waals surface area contributed by atoms with E-state index in [-0.39, 0.29) is 42.6 Å². The number of aliphatic hydroxyl groups excluding tert-OH is 1. The van der Waals surface area contributed by atoms with Gasteiger partial charge in [-0.3, -0.25) is 0 Å². The molecule has 2 heterocycles. The summed E-state index contributed by atoms with van der Waals surface area (Å²) in [6, 6.07) is 4.03. The van der Waals surface area contributed by atoms with Gasteiger partial charge in [-0.05, 0) is 23.7 Å². The molecule has 0 saturated heterocycles. The van der Waals surface area contributed by atoms with E-state index in [1.807, 2.05) is 0 Å². The number of aliphatic hydroxyl groups is 1. The van der Waals surface area contributed by atoms with E-state index in [0.717, 1.165) is 0 Å². The first kappa shape index (κ1) is 17.8. The molecule has 7 nitrogen and oxygen atoms in total. The Balaban J connectivity index is 1.94. The van der Waals surface area contributed by atoms with Crippen molar-refractivity contribution in [1.29, 1.82) is 0 Å². The predicted molar refractivity (Wildman–Crippen MR) is 90.0 cm³/mol. The van der Waals surface area contributed by atoms with E-state index >= 15 is 0 Å². The van der Waals surface area contributed by atoms with E-state index < -0.39 is 5.82 Å². The van der Waals surface area contributed by atoms with E-state index in [4.69, 9.17) is 37.8 Å². The van der Waals surface area contributed by atoms with Crippen molar-refractivity contribution in [3.8, 4) is 11.4 Å². The topological polar surface area (TPSA) is 82.3 Å². The third-order valence-corrected chi connectivity index (χ3v) is 3.68. The molecule has 0 fully saturated rings. The minimum atomic E-state index is -0.461. The molecular formula is C15H13Cl2FN4O3. The lowest BCUT2D eigenvalue weighted by Gasteiger charge is -2.12. The zero-order chi connectivity index (χ0) is 17.8. The SMILES string of the molecule is OCCOCCOc1cc(F)ccc1-n1ncc2c(Cl)nc(Cl)nc21. The Bertz CT molecular complexity index is 891. The summed E-state index contributed by atoms with van der Waals surface area (Å²) < 4.78 is 25.8. The van der Waals surface area contributed by atoms with Crippen molar-refractivity contribution in [2.24, 2.45) is 0 Å². The molecule has 0 radical (unpaired) electrons. The highest BCUT2D eigenvalue weighted by Gasteiger charge is 2.16. The normalized spacial score (nSPS) is 11.2. The lowest BCUT2D eigenvalue weighted by Crippen LogP contribution is -2.11. The summed E-state index contributed by atoms with van der Waals surface area (Å²) in [5.41, 5.74) is 0.836. The number of fused-ring (bicyclic) bond motifs is 1. The van der Waals surface area contributed by atoms with Gasteiger partial charge >= 0.3 is 0 Å². The molecule has 25 heavy (non-hydrogen) atoms. The second-order valence-electron chi connectivity index (χ2n) is 4.87. The second kappa shape index (κ2) is 7.92. The molecule has 0 unspecified atom stereocenters. The molecule has 3 rings (SSSR count). The van der Waals surface area contributed by atoms with Gasteiger partial charge in [0.15, 0.2) is 5.65 Å². The first-order chi connectivity index (χ1) is 12.1. The summed E-state index contributed by atoms with van der Waals surface area (Å²) in [4.78, 5) is 7.99. The summed E-state index contributed by atoms with van der Waals surface area (Å²) in [7, 11) is 0.